The number of rotatable bonds is 8. The maximum Gasteiger partial charge on any atom is 0.319 e. The highest BCUT2D eigenvalue weighted by Gasteiger charge is 2.11. The van der Waals surface area contributed by atoms with Gasteiger partial charge in [0.25, 0.3) is 0 Å². The van der Waals surface area contributed by atoms with E-state index in [1.165, 1.54) is 12.7 Å². The van der Waals surface area contributed by atoms with E-state index >= 15 is 0 Å². The van der Waals surface area contributed by atoms with E-state index in [1.807, 2.05) is 12.1 Å². The first-order chi connectivity index (χ1) is 11.2. The van der Waals surface area contributed by atoms with Crippen LogP contribution in [0.2, 0.25) is 0 Å². The molecule has 0 bridgehead atoms. The molecule has 1 aromatic carbocycles. The van der Waals surface area contributed by atoms with E-state index in [1.54, 1.807) is 20.4 Å². The number of hydrogen-bond donors (Lipinski definition) is 0. The van der Waals surface area contributed by atoms with E-state index < -0.39 is 0 Å². The van der Waals surface area contributed by atoms with Crippen LogP contribution in [0.1, 0.15) is 5.56 Å². The van der Waals surface area contributed by atoms with Crippen LogP contribution in [-0.4, -0.2) is 56.4 Å². The van der Waals surface area contributed by atoms with Gasteiger partial charge in [-0.2, -0.15) is 4.98 Å². The molecule has 0 radical (unpaired) electrons. The summed E-state index contributed by atoms with van der Waals surface area (Å²) in [7, 11) is 6.91. The van der Waals surface area contributed by atoms with Crippen LogP contribution in [0.15, 0.2) is 30.5 Å². The first-order valence-corrected chi connectivity index (χ1v) is 7.39. The van der Waals surface area contributed by atoms with E-state index in [9.17, 15) is 0 Å². The second-order valence-electron chi connectivity index (χ2n) is 5.21. The Bertz CT molecular complexity index is 634. The lowest BCUT2D eigenvalue weighted by Gasteiger charge is -2.16. The van der Waals surface area contributed by atoms with Crippen molar-refractivity contribution in [2.45, 2.75) is 6.54 Å². The summed E-state index contributed by atoms with van der Waals surface area (Å²) in [6.45, 7) is 2.45. The second-order valence-corrected chi connectivity index (χ2v) is 5.21. The average Bonchev–Trinajstić information content (AvgIpc) is 2.59. The number of hydrogen-bond acceptors (Lipinski definition) is 6. The lowest BCUT2D eigenvalue weighted by atomic mass is 10.1. The van der Waals surface area contributed by atoms with Crippen molar-refractivity contribution in [3.8, 4) is 23.0 Å². The SMILES string of the molecule is COCCN(C)Cc1cccc(-c2cnc(OC)nc2OC)c1. The van der Waals surface area contributed by atoms with Crippen molar-refractivity contribution in [2.75, 3.05) is 41.5 Å². The van der Waals surface area contributed by atoms with Crippen LogP contribution in [0.4, 0.5) is 0 Å². The summed E-state index contributed by atoms with van der Waals surface area (Å²) in [5.74, 6) is 0.502. The minimum atomic E-state index is 0.293. The van der Waals surface area contributed by atoms with Gasteiger partial charge in [0.15, 0.2) is 0 Å². The van der Waals surface area contributed by atoms with Crippen molar-refractivity contribution in [1.29, 1.82) is 0 Å². The molecule has 0 saturated carbocycles. The highest BCUT2D eigenvalue weighted by atomic mass is 16.5. The van der Waals surface area contributed by atoms with Gasteiger partial charge in [-0.05, 0) is 24.2 Å². The molecule has 1 aromatic heterocycles. The van der Waals surface area contributed by atoms with Gasteiger partial charge in [0, 0.05) is 26.4 Å². The molecule has 0 aliphatic heterocycles. The standard InChI is InChI=1S/C17H23N3O3/c1-20(8-9-21-2)12-13-6-5-7-14(10-13)15-11-18-17(23-4)19-16(15)22-3/h5-7,10-11H,8-9,12H2,1-4H3. The molecule has 2 rings (SSSR count). The molecule has 6 nitrogen and oxygen atoms in total. The van der Waals surface area contributed by atoms with Crippen LogP contribution in [0, 0.1) is 0 Å². The molecule has 6 heteroatoms. The van der Waals surface area contributed by atoms with Crippen LogP contribution < -0.4 is 9.47 Å². The minimum absolute atomic E-state index is 0.293. The third-order valence-corrected chi connectivity index (χ3v) is 3.48. The monoisotopic (exact) mass is 317 g/mol. The molecule has 1 heterocycles. The predicted molar refractivity (Wildman–Crippen MR) is 88.8 cm³/mol. The summed E-state index contributed by atoms with van der Waals surface area (Å²) >= 11 is 0. The van der Waals surface area contributed by atoms with Crippen molar-refractivity contribution >= 4 is 0 Å². The average molecular weight is 317 g/mol. The fraction of sp³-hybridized carbons (Fsp3) is 0.412. The quantitative estimate of drug-likeness (QED) is 0.744. The van der Waals surface area contributed by atoms with E-state index in [2.05, 4.69) is 34.0 Å². The van der Waals surface area contributed by atoms with Crippen LogP contribution in [0.3, 0.4) is 0 Å². The molecule has 0 atom stereocenters. The number of ether oxygens (including phenoxy) is 3. The Morgan fingerprint density at radius 1 is 1.13 bits per heavy atom. The van der Waals surface area contributed by atoms with Gasteiger partial charge in [-0.25, -0.2) is 4.98 Å². The van der Waals surface area contributed by atoms with E-state index in [0.29, 0.717) is 11.9 Å². The van der Waals surface area contributed by atoms with Crippen LogP contribution in [-0.2, 0) is 11.3 Å². The van der Waals surface area contributed by atoms with E-state index in [0.717, 1.165) is 30.8 Å². The Morgan fingerprint density at radius 3 is 2.65 bits per heavy atom. The van der Waals surface area contributed by atoms with Crippen molar-refractivity contribution in [1.82, 2.24) is 14.9 Å². The smallest absolute Gasteiger partial charge is 0.319 e. The normalized spacial score (nSPS) is 10.8. The minimum Gasteiger partial charge on any atom is -0.480 e. The molecule has 0 unspecified atom stereocenters. The van der Waals surface area contributed by atoms with Gasteiger partial charge in [0.05, 0.1) is 26.4 Å². The number of nitrogens with zero attached hydrogens (tertiary/aromatic N) is 3. The number of aromatic nitrogens is 2. The summed E-state index contributed by atoms with van der Waals surface area (Å²) in [6.07, 6.45) is 1.72. The molecule has 0 spiro atoms. The number of likely N-dealkylation sites (N-methyl/N-ethyl adjacent to an activating group) is 1. The molecule has 0 aliphatic carbocycles. The maximum atomic E-state index is 5.36. The second kappa shape index (κ2) is 8.45. The highest BCUT2D eigenvalue weighted by Crippen LogP contribution is 2.29. The molecular formula is C17H23N3O3. The fourth-order valence-electron chi connectivity index (χ4n) is 2.28. The molecule has 2 aromatic rings. The van der Waals surface area contributed by atoms with Gasteiger partial charge in [-0.3, -0.25) is 4.90 Å². The molecular weight excluding hydrogens is 294 g/mol. The highest BCUT2D eigenvalue weighted by molar-refractivity contribution is 5.68. The number of methoxy groups -OCH3 is 3. The summed E-state index contributed by atoms with van der Waals surface area (Å²) in [5.41, 5.74) is 3.07. The largest absolute Gasteiger partial charge is 0.480 e. The van der Waals surface area contributed by atoms with Gasteiger partial charge >= 0.3 is 6.01 Å². The first kappa shape index (κ1) is 17.2. The van der Waals surface area contributed by atoms with Gasteiger partial charge in [0.1, 0.15) is 0 Å². The molecule has 0 amide bonds. The van der Waals surface area contributed by atoms with Crippen molar-refractivity contribution in [3.63, 3.8) is 0 Å². The van der Waals surface area contributed by atoms with Crippen molar-refractivity contribution in [2.24, 2.45) is 0 Å². The third kappa shape index (κ3) is 4.64. The van der Waals surface area contributed by atoms with Gasteiger partial charge in [-0.15, -0.1) is 0 Å². The molecule has 0 saturated heterocycles. The Hall–Kier alpha value is -2.18. The Morgan fingerprint density at radius 2 is 1.96 bits per heavy atom. The maximum absolute atomic E-state index is 5.36. The van der Waals surface area contributed by atoms with E-state index in [4.69, 9.17) is 14.2 Å². The van der Waals surface area contributed by atoms with Crippen molar-refractivity contribution < 1.29 is 14.2 Å². The molecule has 0 aliphatic rings. The van der Waals surface area contributed by atoms with Crippen LogP contribution >= 0.6 is 0 Å². The topological polar surface area (TPSA) is 56.7 Å². The summed E-state index contributed by atoms with van der Waals surface area (Å²) in [6, 6.07) is 8.56. The van der Waals surface area contributed by atoms with Crippen LogP contribution in [0.25, 0.3) is 11.1 Å². The molecule has 0 N–H and O–H groups in total. The molecule has 124 valence electrons. The zero-order valence-corrected chi connectivity index (χ0v) is 14.1. The lowest BCUT2D eigenvalue weighted by Crippen LogP contribution is -2.22. The third-order valence-electron chi connectivity index (χ3n) is 3.48. The summed E-state index contributed by atoms with van der Waals surface area (Å²) < 4.78 is 15.5. The number of benzene rings is 1. The zero-order chi connectivity index (χ0) is 16.7. The first-order valence-electron chi connectivity index (χ1n) is 7.39. The van der Waals surface area contributed by atoms with E-state index in [-0.39, 0.29) is 0 Å². The Labute approximate surface area is 137 Å². The van der Waals surface area contributed by atoms with Crippen molar-refractivity contribution in [3.05, 3.63) is 36.0 Å². The summed E-state index contributed by atoms with van der Waals surface area (Å²) in [4.78, 5) is 10.6. The van der Waals surface area contributed by atoms with Crippen LogP contribution in [0.5, 0.6) is 11.9 Å². The lowest BCUT2D eigenvalue weighted by molar-refractivity contribution is 0.158. The van der Waals surface area contributed by atoms with Gasteiger partial charge < -0.3 is 14.2 Å². The van der Waals surface area contributed by atoms with Gasteiger partial charge in [-0.1, -0.05) is 18.2 Å². The summed E-state index contributed by atoms with van der Waals surface area (Å²) in [5, 5.41) is 0. The molecule has 23 heavy (non-hydrogen) atoms. The Balaban J connectivity index is 2.22. The predicted octanol–water partition coefficient (Wildman–Crippen LogP) is 2.24. The fourth-order valence-corrected chi connectivity index (χ4v) is 2.28. The molecule has 0 fully saturated rings. The van der Waals surface area contributed by atoms with Gasteiger partial charge in [0.2, 0.25) is 5.88 Å². The Kier molecular flexibility index (Phi) is 6.31. The zero-order valence-electron chi connectivity index (χ0n) is 14.1.